The monoisotopic (exact) mass is 451 g/mol. The minimum absolute atomic E-state index is 0.377. The van der Waals surface area contributed by atoms with Crippen LogP contribution in [0.1, 0.15) is 42.4 Å². The van der Waals surface area contributed by atoms with E-state index in [2.05, 4.69) is 9.97 Å². The molecule has 0 amide bonds. The van der Waals surface area contributed by atoms with Crippen molar-refractivity contribution in [2.75, 3.05) is 14.2 Å². The molecule has 0 spiro atoms. The van der Waals surface area contributed by atoms with Crippen molar-refractivity contribution >= 4 is 38.6 Å². The van der Waals surface area contributed by atoms with Crippen LogP contribution in [-0.2, 0) is 16.1 Å². The second-order valence-electron chi connectivity index (χ2n) is 8.52. The lowest BCUT2D eigenvalue weighted by Crippen LogP contribution is -2.24. The van der Waals surface area contributed by atoms with E-state index in [1.807, 2.05) is 45.9 Å². The molecule has 2 aromatic heterocycles. The molecule has 0 fully saturated rings. The molecule has 0 aliphatic heterocycles. The van der Waals surface area contributed by atoms with Gasteiger partial charge in [-0.2, -0.15) is 0 Å². The van der Waals surface area contributed by atoms with E-state index >= 15 is 0 Å². The molecule has 8 heteroatoms. The molecule has 0 N–H and O–H groups in total. The maximum absolute atomic E-state index is 12.9. The zero-order chi connectivity index (χ0) is 23.0. The third-order valence-corrected chi connectivity index (χ3v) is 5.72. The van der Waals surface area contributed by atoms with Crippen molar-refractivity contribution in [2.45, 2.75) is 39.9 Å². The Labute approximate surface area is 190 Å². The third kappa shape index (κ3) is 4.42. The lowest BCUT2D eigenvalue weighted by molar-refractivity contribution is 0.00713. The Kier molecular flexibility index (Phi) is 5.83. The van der Waals surface area contributed by atoms with E-state index in [4.69, 9.17) is 19.2 Å². The van der Waals surface area contributed by atoms with E-state index in [-0.39, 0.29) is 0 Å². The van der Waals surface area contributed by atoms with Gasteiger partial charge in [0.2, 0.25) is 0 Å². The number of thiazole rings is 1. The van der Waals surface area contributed by atoms with E-state index < -0.39 is 11.6 Å². The minimum Gasteiger partial charge on any atom is -0.497 e. The number of rotatable bonds is 5. The van der Waals surface area contributed by atoms with Gasteiger partial charge < -0.3 is 14.2 Å². The van der Waals surface area contributed by atoms with Crippen molar-refractivity contribution in [2.24, 2.45) is 0 Å². The number of esters is 1. The topological polar surface area (TPSA) is 83.4 Å². The summed E-state index contributed by atoms with van der Waals surface area (Å²) in [5, 5.41) is 0.751. The van der Waals surface area contributed by atoms with Gasteiger partial charge in [0.15, 0.2) is 0 Å². The largest absolute Gasteiger partial charge is 0.497 e. The van der Waals surface area contributed by atoms with E-state index in [1.54, 1.807) is 26.5 Å². The molecule has 0 radical (unpaired) electrons. The number of carbonyl (C=O) groups is 1. The van der Waals surface area contributed by atoms with Gasteiger partial charge in [-0.25, -0.2) is 14.8 Å². The molecule has 4 rings (SSSR count). The predicted molar refractivity (Wildman–Crippen MR) is 125 cm³/mol. The minimum atomic E-state index is -0.617. The Hall–Kier alpha value is -3.10. The SMILES string of the molecule is COCc1cnc2c(-c3nc4c(C(=O)OC(C)(C)C)cc(OC)cc4s3)cc(C)cc2n1. The maximum Gasteiger partial charge on any atom is 0.341 e. The summed E-state index contributed by atoms with van der Waals surface area (Å²) in [4.78, 5) is 27.0. The normalized spacial score (nSPS) is 11.8. The number of fused-ring (bicyclic) bond motifs is 2. The van der Waals surface area contributed by atoms with Crippen LogP contribution in [0.3, 0.4) is 0 Å². The molecule has 32 heavy (non-hydrogen) atoms. The number of benzene rings is 2. The van der Waals surface area contributed by atoms with Crippen molar-refractivity contribution in [1.29, 1.82) is 0 Å². The van der Waals surface area contributed by atoms with Gasteiger partial charge in [-0.15, -0.1) is 11.3 Å². The van der Waals surface area contributed by atoms with Gasteiger partial charge in [0.25, 0.3) is 0 Å². The number of hydrogen-bond donors (Lipinski definition) is 0. The first-order valence-electron chi connectivity index (χ1n) is 10.2. The number of hydrogen-bond acceptors (Lipinski definition) is 8. The summed E-state index contributed by atoms with van der Waals surface area (Å²) in [6.07, 6.45) is 1.72. The van der Waals surface area contributed by atoms with Crippen molar-refractivity contribution in [3.63, 3.8) is 0 Å². The zero-order valence-corrected chi connectivity index (χ0v) is 19.8. The lowest BCUT2D eigenvalue weighted by Gasteiger charge is -2.19. The first kappa shape index (κ1) is 22.1. The molecule has 0 saturated carbocycles. The van der Waals surface area contributed by atoms with Crippen LogP contribution < -0.4 is 4.74 Å². The highest BCUT2D eigenvalue weighted by Crippen LogP contribution is 2.37. The van der Waals surface area contributed by atoms with E-state index in [9.17, 15) is 4.79 Å². The molecule has 0 bridgehead atoms. The summed E-state index contributed by atoms with van der Waals surface area (Å²) < 4.78 is 17.0. The van der Waals surface area contributed by atoms with Crippen LogP contribution in [0, 0.1) is 6.92 Å². The molecule has 4 aromatic rings. The number of carbonyl (C=O) groups excluding carboxylic acids is 1. The molecule has 2 heterocycles. The molecule has 166 valence electrons. The van der Waals surface area contributed by atoms with Crippen molar-refractivity contribution in [3.8, 4) is 16.3 Å². The van der Waals surface area contributed by atoms with Crippen LogP contribution in [0.2, 0.25) is 0 Å². The van der Waals surface area contributed by atoms with Crippen molar-refractivity contribution in [3.05, 3.63) is 47.3 Å². The number of nitrogens with zero attached hydrogens (tertiary/aromatic N) is 3. The van der Waals surface area contributed by atoms with Crippen LogP contribution in [-0.4, -0.2) is 40.7 Å². The molecule has 2 aromatic carbocycles. The fourth-order valence-electron chi connectivity index (χ4n) is 3.41. The molecular weight excluding hydrogens is 426 g/mol. The quantitative estimate of drug-likeness (QED) is 0.379. The molecule has 0 saturated heterocycles. The summed E-state index contributed by atoms with van der Waals surface area (Å²) in [5.41, 5.74) is 4.54. The zero-order valence-electron chi connectivity index (χ0n) is 19.0. The second kappa shape index (κ2) is 8.44. The highest BCUT2D eigenvalue weighted by atomic mass is 32.1. The average Bonchev–Trinajstić information content (AvgIpc) is 3.15. The molecule has 0 atom stereocenters. The lowest BCUT2D eigenvalue weighted by atomic mass is 10.1. The molecule has 7 nitrogen and oxygen atoms in total. The van der Waals surface area contributed by atoms with Gasteiger partial charge >= 0.3 is 5.97 Å². The smallest absolute Gasteiger partial charge is 0.341 e. The predicted octanol–water partition coefficient (Wildman–Crippen LogP) is 5.33. The summed E-state index contributed by atoms with van der Waals surface area (Å²) >= 11 is 1.48. The fourth-order valence-corrected chi connectivity index (χ4v) is 4.45. The Balaban J connectivity index is 1.90. The summed E-state index contributed by atoms with van der Waals surface area (Å²) in [6.45, 7) is 7.92. The highest BCUT2D eigenvalue weighted by Gasteiger charge is 2.23. The molecule has 0 aliphatic rings. The van der Waals surface area contributed by atoms with Crippen LogP contribution in [0.4, 0.5) is 0 Å². The summed E-state index contributed by atoms with van der Waals surface area (Å²) in [6, 6.07) is 7.58. The van der Waals surface area contributed by atoms with E-state index in [0.717, 1.165) is 37.6 Å². The highest BCUT2D eigenvalue weighted by molar-refractivity contribution is 7.21. The van der Waals surface area contributed by atoms with Gasteiger partial charge in [0.05, 0.1) is 52.4 Å². The maximum atomic E-state index is 12.9. The van der Waals surface area contributed by atoms with Gasteiger partial charge in [0.1, 0.15) is 16.4 Å². The van der Waals surface area contributed by atoms with Crippen LogP contribution in [0.15, 0.2) is 30.5 Å². The van der Waals surface area contributed by atoms with Gasteiger partial charge in [0, 0.05) is 12.7 Å². The standard InChI is InChI=1S/C24H25N3O4S/c1-13-7-16(20-18(8-13)26-14(11-25-20)12-29-5)22-27-21-17(23(28)31-24(2,3)4)9-15(30-6)10-19(21)32-22/h7-11H,12H2,1-6H3. The van der Waals surface area contributed by atoms with Crippen molar-refractivity contribution < 1.29 is 19.0 Å². The van der Waals surface area contributed by atoms with Gasteiger partial charge in [-0.3, -0.25) is 4.98 Å². The second-order valence-corrected chi connectivity index (χ2v) is 9.55. The Morgan fingerprint density at radius 1 is 1.06 bits per heavy atom. The van der Waals surface area contributed by atoms with Crippen LogP contribution in [0.25, 0.3) is 31.8 Å². The third-order valence-electron chi connectivity index (χ3n) is 4.69. The van der Waals surface area contributed by atoms with Crippen LogP contribution >= 0.6 is 11.3 Å². The number of ether oxygens (including phenoxy) is 3. The first-order chi connectivity index (χ1) is 15.2. The fraction of sp³-hybridized carbons (Fsp3) is 0.333. The van der Waals surface area contributed by atoms with Gasteiger partial charge in [-0.05, 0) is 57.5 Å². The van der Waals surface area contributed by atoms with Crippen molar-refractivity contribution in [1.82, 2.24) is 15.0 Å². The Morgan fingerprint density at radius 3 is 2.53 bits per heavy atom. The molecule has 0 aliphatic carbocycles. The Morgan fingerprint density at radius 2 is 1.84 bits per heavy atom. The molecule has 0 unspecified atom stereocenters. The summed E-state index contributed by atoms with van der Waals surface area (Å²) in [7, 11) is 3.20. The van der Waals surface area contributed by atoms with Gasteiger partial charge in [-0.1, -0.05) is 0 Å². The van der Waals surface area contributed by atoms with E-state index in [0.29, 0.717) is 23.4 Å². The Bertz CT molecular complexity index is 1320. The summed E-state index contributed by atoms with van der Waals surface area (Å²) in [5.74, 6) is 0.142. The number of aromatic nitrogens is 3. The average molecular weight is 452 g/mol. The van der Waals surface area contributed by atoms with Crippen LogP contribution in [0.5, 0.6) is 5.75 Å². The molecular formula is C24H25N3O4S. The first-order valence-corrected chi connectivity index (χ1v) is 11.0. The van der Waals surface area contributed by atoms with E-state index in [1.165, 1.54) is 11.3 Å². The number of methoxy groups -OCH3 is 2. The number of aryl methyl sites for hydroxylation is 1.